The molecule has 0 radical (unpaired) electrons. The van der Waals surface area contributed by atoms with Gasteiger partial charge in [0.1, 0.15) is 11.7 Å². The van der Waals surface area contributed by atoms with Crippen molar-refractivity contribution in [3.05, 3.63) is 94.0 Å². The fourth-order valence-corrected chi connectivity index (χ4v) is 4.10. The molecule has 0 atom stereocenters. The number of amidine groups is 2. The standard InChI is InChI=1S/C26H23ClN6O2.ClH/c27-20-14-18(25(34)32-21-5-1-16(2-6-21)23-28-9-10-29-23)13-19(15-20)26(35)33-22-7-3-17(4-8-22)24-30-11-12-31-24;/h1-8,13-15H,9-12H2,(H,28,29)(H,30,31)(H,32,34)(H,33,35);1H. The molecule has 0 saturated carbocycles. The molecule has 0 aromatic heterocycles. The summed E-state index contributed by atoms with van der Waals surface area (Å²) in [6.45, 7) is 3.18. The van der Waals surface area contributed by atoms with Gasteiger partial charge < -0.3 is 21.3 Å². The molecule has 36 heavy (non-hydrogen) atoms. The Morgan fingerprint density at radius 1 is 0.694 bits per heavy atom. The first-order valence-electron chi connectivity index (χ1n) is 11.3. The summed E-state index contributed by atoms with van der Waals surface area (Å²) in [5.74, 6) is 0.985. The normalized spacial score (nSPS) is 14.0. The summed E-state index contributed by atoms with van der Waals surface area (Å²) in [6, 6.07) is 19.4. The molecule has 184 valence electrons. The molecule has 10 heteroatoms. The minimum atomic E-state index is -0.361. The van der Waals surface area contributed by atoms with Crippen molar-refractivity contribution in [3.63, 3.8) is 0 Å². The number of carbonyl (C=O) groups is 2. The first-order chi connectivity index (χ1) is 17.0. The Labute approximate surface area is 219 Å². The highest BCUT2D eigenvalue weighted by molar-refractivity contribution is 6.31. The molecule has 3 aromatic carbocycles. The van der Waals surface area contributed by atoms with E-state index in [1.165, 1.54) is 18.2 Å². The van der Waals surface area contributed by atoms with Crippen LogP contribution in [0.25, 0.3) is 0 Å². The summed E-state index contributed by atoms with van der Waals surface area (Å²) >= 11 is 6.23. The maximum atomic E-state index is 12.8. The SMILES string of the molecule is Cl.O=C(Nc1ccc(C2=NCCN2)cc1)c1cc(Cl)cc(C(=O)Nc2ccc(C3=NCCN3)cc2)c1. The molecular formula is C26H24Cl2N6O2. The zero-order valence-electron chi connectivity index (χ0n) is 19.2. The molecule has 8 nitrogen and oxygen atoms in total. The van der Waals surface area contributed by atoms with Gasteiger partial charge in [-0.15, -0.1) is 12.4 Å². The summed E-state index contributed by atoms with van der Waals surface area (Å²) in [7, 11) is 0. The summed E-state index contributed by atoms with van der Waals surface area (Å²) in [6.07, 6.45) is 0. The van der Waals surface area contributed by atoms with Crippen molar-refractivity contribution in [2.75, 3.05) is 36.8 Å². The molecular weight excluding hydrogens is 499 g/mol. The summed E-state index contributed by atoms with van der Waals surface area (Å²) < 4.78 is 0. The van der Waals surface area contributed by atoms with Crippen LogP contribution in [-0.4, -0.2) is 49.7 Å². The minimum absolute atomic E-state index is 0. The quantitative estimate of drug-likeness (QED) is 0.392. The topological polar surface area (TPSA) is 107 Å². The molecule has 2 heterocycles. The highest BCUT2D eigenvalue weighted by atomic mass is 35.5. The summed E-state index contributed by atoms with van der Waals surface area (Å²) in [5, 5.41) is 12.4. The molecule has 0 fully saturated rings. The number of benzene rings is 3. The Morgan fingerprint density at radius 2 is 1.11 bits per heavy atom. The van der Waals surface area contributed by atoms with Crippen molar-refractivity contribution < 1.29 is 9.59 Å². The van der Waals surface area contributed by atoms with Gasteiger partial charge in [0.15, 0.2) is 0 Å². The van der Waals surface area contributed by atoms with E-state index in [4.69, 9.17) is 11.6 Å². The Morgan fingerprint density at radius 3 is 1.47 bits per heavy atom. The van der Waals surface area contributed by atoms with Gasteiger partial charge in [-0.25, -0.2) is 0 Å². The molecule has 4 N–H and O–H groups in total. The number of aliphatic imine (C=N–C) groups is 2. The van der Waals surface area contributed by atoms with Crippen LogP contribution in [0.5, 0.6) is 0 Å². The first-order valence-corrected chi connectivity index (χ1v) is 11.6. The van der Waals surface area contributed by atoms with Crippen LogP contribution in [0.4, 0.5) is 11.4 Å². The smallest absolute Gasteiger partial charge is 0.255 e. The lowest BCUT2D eigenvalue weighted by Crippen LogP contribution is -2.19. The van der Waals surface area contributed by atoms with Gasteiger partial charge in [0, 0.05) is 51.7 Å². The third-order valence-electron chi connectivity index (χ3n) is 5.60. The molecule has 0 unspecified atom stereocenters. The molecule has 5 rings (SSSR count). The van der Waals surface area contributed by atoms with Crippen LogP contribution in [0.3, 0.4) is 0 Å². The number of hydrogen-bond acceptors (Lipinski definition) is 6. The molecule has 0 bridgehead atoms. The van der Waals surface area contributed by atoms with E-state index in [0.717, 1.165) is 49.0 Å². The Bertz CT molecular complexity index is 1240. The number of halogens is 2. The maximum absolute atomic E-state index is 12.8. The van der Waals surface area contributed by atoms with E-state index < -0.39 is 0 Å². The molecule has 2 amide bonds. The summed E-state index contributed by atoms with van der Waals surface area (Å²) in [4.78, 5) is 34.5. The van der Waals surface area contributed by atoms with Gasteiger partial charge in [0.05, 0.1) is 13.1 Å². The Kier molecular flexibility index (Phi) is 7.87. The van der Waals surface area contributed by atoms with Crippen molar-refractivity contribution in [2.24, 2.45) is 9.98 Å². The van der Waals surface area contributed by atoms with Crippen molar-refractivity contribution in [3.8, 4) is 0 Å². The lowest BCUT2D eigenvalue weighted by atomic mass is 10.1. The van der Waals surface area contributed by atoms with Crippen molar-refractivity contribution in [1.29, 1.82) is 0 Å². The second-order valence-electron chi connectivity index (χ2n) is 8.11. The van der Waals surface area contributed by atoms with E-state index in [1.807, 2.05) is 48.5 Å². The number of anilines is 2. The van der Waals surface area contributed by atoms with Gasteiger partial charge in [0.25, 0.3) is 11.8 Å². The van der Waals surface area contributed by atoms with Crippen molar-refractivity contribution in [2.45, 2.75) is 0 Å². The lowest BCUT2D eigenvalue weighted by molar-refractivity contribution is 0.102. The monoisotopic (exact) mass is 522 g/mol. The predicted octanol–water partition coefficient (Wildman–Crippen LogP) is 3.97. The van der Waals surface area contributed by atoms with Gasteiger partial charge in [-0.2, -0.15) is 0 Å². The third kappa shape index (κ3) is 5.84. The fraction of sp³-hybridized carbons (Fsp3) is 0.154. The van der Waals surface area contributed by atoms with Crippen molar-refractivity contribution >= 4 is 58.9 Å². The highest BCUT2D eigenvalue weighted by Gasteiger charge is 2.15. The van der Waals surface area contributed by atoms with E-state index in [9.17, 15) is 9.59 Å². The molecule has 2 aliphatic rings. The van der Waals surface area contributed by atoms with Crippen LogP contribution in [0.1, 0.15) is 31.8 Å². The van der Waals surface area contributed by atoms with Gasteiger partial charge in [-0.3, -0.25) is 19.6 Å². The van der Waals surface area contributed by atoms with Gasteiger partial charge in [-0.1, -0.05) is 11.6 Å². The van der Waals surface area contributed by atoms with Crippen LogP contribution >= 0.6 is 24.0 Å². The number of amides is 2. The number of rotatable bonds is 6. The van der Waals surface area contributed by atoms with Crippen molar-refractivity contribution in [1.82, 2.24) is 10.6 Å². The number of nitrogens with one attached hydrogen (secondary N) is 4. The second kappa shape index (κ2) is 11.2. The molecule has 0 spiro atoms. The average molecular weight is 523 g/mol. The number of carbonyl (C=O) groups excluding carboxylic acids is 2. The average Bonchev–Trinajstić information content (AvgIpc) is 3.60. The first kappa shape index (κ1) is 25.2. The maximum Gasteiger partial charge on any atom is 0.255 e. The van der Waals surface area contributed by atoms with Crippen LogP contribution in [0.15, 0.2) is 76.7 Å². The number of nitrogens with zero attached hydrogens (tertiary/aromatic N) is 2. The Hall–Kier alpha value is -3.88. The zero-order chi connectivity index (χ0) is 24.2. The largest absolute Gasteiger partial charge is 0.368 e. The minimum Gasteiger partial charge on any atom is -0.368 e. The molecule has 0 aliphatic carbocycles. The van der Waals surface area contributed by atoms with E-state index >= 15 is 0 Å². The molecule has 2 aliphatic heterocycles. The molecule has 0 saturated heterocycles. The second-order valence-corrected chi connectivity index (χ2v) is 8.54. The highest BCUT2D eigenvalue weighted by Crippen LogP contribution is 2.20. The van der Waals surface area contributed by atoms with Crippen LogP contribution < -0.4 is 21.3 Å². The third-order valence-corrected chi connectivity index (χ3v) is 5.82. The fourth-order valence-electron chi connectivity index (χ4n) is 3.86. The van der Waals surface area contributed by atoms with Gasteiger partial charge in [-0.05, 0) is 66.7 Å². The van der Waals surface area contributed by atoms with E-state index in [2.05, 4.69) is 31.3 Å². The van der Waals surface area contributed by atoms with E-state index in [1.54, 1.807) is 0 Å². The van der Waals surface area contributed by atoms with Crippen LogP contribution in [0, 0.1) is 0 Å². The zero-order valence-corrected chi connectivity index (χ0v) is 20.7. The van der Waals surface area contributed by atoms with E-state index in [0.29, 0.717) is 16.4 Å². The van der Waals surface area contributed by atoms with Gasteiger partial charge in [0.2, 0.25) is 0 Å². The molecule has 3 aromatic rings. The van der Waals surface area contributed by atoms with Crippen LogP contribution in [-0.2, 0) is 0 Å². The van der Waals surface area contributed by atoms with Gasteiger partial charge >= 0.3 is 0 Å². The van der Waals surface area contributed by atoms with Crippen LogP contribution in [0.2, 0.25) is 5.02 Å². The number of hydrogen-bond donors (Lipinski definition) is 4. The Balaban J connectivity index is 0.00000304. The van der Waals surface area contributed by atoms with E-state index in [-0.39, 0.29) is 35.3 Å². The lowest BCUT2D eigenvalue weighted by Gasteiger charge is -2.10. The predicted molar refractivity (Wildman–Crippen MR) is 146 cm³/mol. The summed E-state index contributed by atoms with van der Waals surface area (Å²) in [5.41, 5.74) is 3.75.